The Hall–Kier alpha value is -1.05. The Morgan fingerprint density at radius 1 is 1.10 bits per heavy atom. The largest absolute Gasteiger partial charge is 0.398 e. The van der Waals surface area contributed by atoms with Gasteiger partial charge in [0.1, 0.15) is 4.90 Å². The van der Waals surface area contributed by atoms with E-state index in [4.69, 9.17) is 5.73 Å². The van der Waals surface area contributed by atoms with Crippen molar-refractivity contribution in [2.45, 2.75) is 11.8 Å². The Kier molecular flexibility index (Phi) is 4.41. The highest BCUT2D eigenvalue weighted by atomic mass is 79.9. The van der Waals surface area contributed by atoms with Crippen LogP contribution in [0.3, 0.4) is 0 Å². The number of rotatable bonds is 3. The highest BCUT2D eigenvalue weighted by molar-refractivity contribution is 9.11. The maximum absolute atomic E-state index is 12.3. The number of aryl methyl sites for hydroxylation is 1. The predicted molar refractivity (Wildman–Crippen MR) is 88.2 cm³/mol. The summed E-state index contributed by atoms with van der Waals surface area (Å²) in [5.74, 6) is 0. The third kappa shape index (κ3) is 3.34. The second-order valence-electron chi connectivity index (χ2n) is 4.27. The van der Waals surface area contributed by atoms with Crippen LogP contribution in [0.1, 0.15) is 5.56 Å². The summed E-state index contributed by atoms with van der Waals surface area (Å²) in [6.45, 7) is 1.85. The minimum absolute atomic E-state index is 0.0675. The van der Waals surface area contributed by atoms with Crippen molar-refractivity contribution in [3.8, 4) is 0 Å². The van der Waals surface area contributed by atoms with Crippen LogP contribution in [0.25, 0.3) is 0 Å². The van der Waals surface area contributed by atoms with Gasteiger partial charge in [0.05, 0.1) is 11.4 Å². The molecule has 0 aliphatic heterocycles. The fourth-order valence-electron chi connectivity index (χ4n) is 1.68. The van der Waals surface area contributed by atoms with Gasteiger partial charge in [-0.05, 0) is 58.7 Å². The summed E-state index contributed by atoms with van der Waals surface area (Å²) in [5, 5.41) is 0. The van der Waals surface area contributed by atoms with Crippen molar-refractivity contribution in [3.05, 3.63) is 50.9 Å². The highest BCUT2D eigenvalue weighted by Crippen LogP contribution is 2.29. The molecule has 0 saturated carbocycles. The molecule has 0 amide bonds. The van der Waals surface area contributed by atoms with Gasteiger partial charge in [0.2, 0.25) is 0 Å². The van der Waals surface area contributed by atoms with E-state index in [0.29, 0.717) is 10.2 Å². The second-order valence-corrected chi connectivity index (χ2v) is 7.69. The zero-order chi connectivity index (χ0) is 14.9. The van der Waals surface area contributed by atoms with E-state index in [1.165, 1.54) is 6.07 Å². The van der Waals surface area contributed by atoms with Crippen LogP contribution in [0.2, 0.25) is 0 Å². The molecule has 0 heterocycles. The van der Waals surface area contributed by atoms with Crippen molar-refractivity contribution >= 4 is 53.3 Å². The van der Waals surface area contributed by atoms with E-state index >= 15 is 0 Å². The fourth-order valence-corrected chi connectivity index (χ4v) is 4.16. The van der Waals surface area contributed by atoms with Gasteiger partial charge in [0, 0.05) is 8.95 Å². The van der Waals surface area contributed by atoms with Gasteiger partial charge in [-0.2, -0.15) is 0 Å². The molecule has 2 rings (SSSR count). The third-order valence-corrected chi connectivity index (χ3v) is 5.22. The average molecular weight is 420 g/mol. The Morgan fingerprint density at radius 2 is 1.80 bits per heavy atom. The van der Waals surface area contributed by atoms with E-state index in [9.17, 15) is 8.42 Å². The Morgan fingerprint density at radius 3 is 2.40 bits per heavy atom. The molecule has 0 aliphatic carbocycles. The number of anilines is 2. The molecule has 106 valence electrons. The van der Waals surface area contributed by atoms with Crippen molar-refractivity contribution in [1.82, 2.24) is 0 Å². The Labute approximate surface area is 134 Å². The monoisotopic (exact) mass is 418 g/mol. The smallest absolute Gasteiger partial charge is 0.263 e. The predicted octanol–water partition coefficient (Wildman–Crippen LogP) is 3.90. The van der Waals surface area contributed by atoms with Gasteiger partial charge in [-0.15, -0.1) is 0 Å². The summed E-state index contributed by atoms with van der Waals surface area (Å²) >= 11 is 6.63. The molecule has 0 radical (unpaired) electrons. The third-order valence-electron chi connectivity index (χ3n) is 2.63. The van der Waals surface area contributed by atoms with Crippen LogP contribution in [-0.2, 0) is 10.0 Å². The molecule has 0 fully saturated rings. The second kappa shape index (κ2) is 5.75. The normalized spacial score (nSPS) is 11.3. The summed E-state index contributed by atoms with van der Waals surface area (Å²) < 4.78 is 28.7. The molecular weight excluding hydrogens is 408 g/mol. The lowest BCUT2D eigenvalue weighted by atomic mass is 10.2. The minimum atomic E-state index is -3.72. The van der Waals surface area contributed by atoms with Gasteiger partial charge < -0.3 is 5.73 Å². The lowest BCUT2D eigenvalue weighted by molar-refractivity contribution is 0.601. The molecule has 7 heteroatoms. The minimum Gasteiger partial charge on any atom is -0.398 e. The zero-order valence-corrected chi connectivity index (χ0v) is 14.5. The quantitative estimate of drug-likeness (QED) is 0.741. The SMILES string of the molecule is Cc1ccc(S(=O)(=O)Nc2ccc(Br)cc2Br)c(N)c1. The number of sulfonamides is 1. The first-order valence-corrected chi connectivity index (χ1v) is 8.70. The molecule has 0 aliphatic rings. The first-order valence-electron chi connectivity index (χ1n) is 5.63. The molecule has 0 unspecified atom stereocenters. The highest BCUT2D eigenvalue weighted by Gasteiger charge is 2.18. The summed E-state index contributed by atoms with van der Waals surface area (Å²) in [6.07, 6.45) is 0. The molecule has 4 nitrogen and oxygen atoms in total. The van der Waals surface area contributed by atoms with Gasteiger partial charge in [-0.1, -0.05) is 22.0 Å². The average Bonchev–Trinajstić information content (AvgIpc) is 2.32. The number of benzene rings is 2. The first kappa shape index (κ1) is 15.3. The van der Waals surface area contributed by atoms with E-state index in [1.54, 1.807) is 30.3 Å². The number of hydrogen-bond acceptors (Lipinski definition) is 3. The van der Waals surface area contributed by atoms with Gasteiger partial charge in [-0.25, -0.2) is 8.42 Å². The van der Waals surface area contributed by atoms with E-state index in [0.717, 1.165) is 10.0 Å². The number of nitrogens with two attached hydrogens (primary N) is 1. The molecule has 3 N–H and O–H groups in total. The molecule has 0 saturated heterocycles. The number of nitrogen functional groups attached to an aromatic ring is 1. The standard InChI is InChI=1S/C13H12Br2N2O2S/c1-8-2-5-13(11(16)6-8)20(18,19)17-12-4-3-9(14)7-10(12)15/h2-7,17H,16H2,1H3. The maximum Gasteiger partial charge on any atom is 0.263 e. The lowest BCUT2D eigenvalue weighted by Gasteiger charge is -2.12. The molecule has 0 spiro atoms. The van der Waals surface area contributed by atoms with E-state index in [-0.39, 0.29) is 10.6 Å². The van der Waals surface area contributed by atoms with Crippen molar-refractivity contribution in [3.63, 3.8) is 0 Å². The van der Waals surface area contributed by atoms with Gasteiger partial charge in [0.15, 0.2) is 0 Å². The number of nitrogens with one attached hydrogen (secondary N) is 1. The van der Waals surface area contributed by atoms with Crippen LogP contribution in [0.5, 0.6) is 0 Å². The lowest BCUT2D eigenvalue weighted by Crippen LogP contribution is -2.15. The van der Waals surface area contributed by atoms with E-state index in [1.807, 2.05) is 6.92 Å². The Balaban J connectivity index is 2.41. The topological polar surface area (TPSA) is 72.2 Å². The summed E-state index contributed by atoms with van der Waals surface area (Å²) in [6, 6.07) is 10.0. The first-order chi connectivity index (χ1) is 9.29. The maximum atomic E-state index is 12.3. The molecular formula is C13H12Br2N2O2S. The van der Waals surface area contributed by atoms with Crippen molar-refractivity contribution in [2.24, 2.45) is 0 Å². The van der Waals surface area contributed by atoms with Crippen LogP contribution >= 0.6 is 31.9 Å². The summed E-state index contributed by atoms with van der Waals surface area (Å²) in [4.78, 5) is 0.0675. The van der Waals surface area contributed by atoms with Crippen LogP contribution in [0, 0.1) is 6.92 Å². The molecule has 2 aromatic carbocycles. The summed E-state index contributed by atoms with van der Waals surface area (Å²) in [5.41, 5.74) is 7.37. The van der Waals surface area contributed by atoms with Crippen molar-refractivity contribution < 1.29 is 8.42 Å². The van der Waals surface area contributed by atoms with Gasteiger partial charge >= 0.3 is 0 Å². The van der Waals surface area contributed by atoms with Gasteiger partial charge in [0.25, 0.3) is 10.0 Å². The molecule has 0 atom stereocenters. The molecule has 20 heavy (non-hydrogen) atoms. The van der Waals surface area contributed by atoms with Crippen LogP contribution < -0.4 is 10.5 Å². The zero-order valence-electron chi connectivity index (χ0n) is 10.5. The molecule has 0 aromatic heterocycles. The van der Waals surface area contributed by atoms with Crippen LogP contribution in [0.15, 0.2) is 50.2 Å². The molecule has 0 bridgehead atoms. The molecule has 2 aromatic rings. The van der Waals surface area contributed by atoms with Crippen LogP contribution in [0.4, 0.5) is 11.4 Å². The van der Waals surface area contributed by atoms with E-state index < -0.39 is 10.0 Å². The van der Waals surface area contributed by atoms with Crippen molar-refractivity contribution in [1.29, 1.82) is 0 Å². The number of hydrogen-bond donors (Lipinski definition) is 2. The van der Waals surface area contributed by atoms with E-state index in [2.05, 4.69) is 36.6 Å². The van der Waals surface area contributed by atoms with Crippen molar-refractivity contribution in [2.75, 3.05) is 10.5 Å². The Bertz CT molecular complexity index is 761. The number of halogens is 2. The summed E-state index contributed by atoms with van der Waals surface area (Å²) in [7, 11) is -3.72. The fraction of sp³-hybridized carbons (Fsp3) is 0.0769. The van der Waals surface area contributed by atoms with Crippen LogP contribution in [-0.4, -0.2) is 8.42 Å². The van der Waals surface area contributed by atoms with Gasteiger partial charge in [-0.3, -0.25) is 4.72 Å².